The van der Waals surface area contributed by atoms with E-state index in [2.05, 4.69) is 26.3 Å². The van der Waals surface area contributed by atoms with Gasteiger partial charge in [-0.2, -0.15) is 5.10 Å². The van der Waals surface area contributed by atoms with Crippen molar-refractivity contribution in [3.63, 3.8) is 0 Å². The third-order valence-electron chi connectivity index (χ3n) is 3.87. The molecule has 3 rings (SSSR count). The lowest BCUT2D eigenvalue weighted by Crippen LogP contribution is -2.33. The Morgan fingerprint density at radius 1 is 1.00 bits per heavy atom. The molecule has 0 aliphatic heterocycles. The zero-order chi connectivity index (χ0) is 20.1. The van der Waals surface area contributed by atoms with Crippen LogP contribution in [0.15, 0.2) is 85.9 Å². The van der Waals surface area contributed by atoms with Gasteiger partial charge >= 0.3 is 0 Å². The summed E-state index contributed by atoms with van der Waals surface area (Å²) in [4.78, 5) is 24.2. The lowest BCUT2D eigenvalue weighted by Gasteiger charge is -2.09. The minimum absolute atomic E-state index is 0.0435. The summed E-state index contributed by atoms with van der Waals surface area (Å²) >= 11 is 3.25. The molecule has 0 atom stereocenters. The monoisotopic (exact) mass is 461 g/mol. The quantitative estimate of drug-likeness (QED) is 0.606. The van der Waals surface area contributed by atoms with Gasteiger partial charge in [0.2, 0.25) is 15.7 Å². The zero-order valence-corrected chi connectivity index (χ0v) is 17.0. The second-order valence-electron chi connectivity index (χ2n) is 5.89. The van der Waals surface area contributed by atoms with Crippen LogP contribution in [-0.4, -0.2) is 24.1 Å². The molecule has 0 spiro atoms. The van der Waals surface area contributed by atoms with Crippen molar-refractivity contribution in [1.29, 1.82) is 0 Å². The Morgan fingerprint density at radius 3 is 2.36 bits per heavy atom. The van der Waals surface area contributed by atoms with Crippen molar-refractivity contribution in [1.82, 2.24) is 15.1 Å². The number of benzene rings is 2. The van der Waals surface area contributed by atoms with Crippen LogP contribution in [0.5, 0.6) is 0 Å². The molecule has 0 unspecified atom stereocenters. The highest BCUT2D eigenvalue weighted by Crippen LogP contribution is 2.20. The summed E-state index contributed by atoms with van der Waals surface area (Å²) in [6, 6.07) is 17.6. The van der Waals surface area contributed by atoms with Crippen LogP contribution in [0.4, 0.5) is 0 Å². The molecule has 3 aromatic rings. The Balaban J connectivity index is 1.78. The van der Waals surface area contributed by atoms with Crippen LogP contribution in [0.2, 0.25) is 0 Å². The zero-order valence-electron chi connectivity index (χ0n) is 14.6. The van der Waals surface area contributed by atoms with Gasteiger partial charge in [-0.15, -0.1) is 0 Å². The molecule has 7 nitrogen and oxygen atoms in total. The van der Waals surface area contributed by atoms with Gasteiger partial charge in [0.05, 0.1) is 4.90 Å². The molecule has 1 amide bonds. The number of sulfone groups is 1. The van der Waals surface area contributed by atoms with E-state index in [0.29, 0.717) is 6.54 Å². The fourth-order valence-electron chi connectivity index (χ4n) is 2.41. The number of hydrogen-bond acceptors (Lipinski definition) is 5. The molecule has 1 aromatic heterocycles. The van der Waals surface area contributed by atoms with Crippen molar-refractivity contribution in [2.45, 2.75) is 23.0 Å². The normalized spacial score (nSPS) is 11.2. The van der Waals surface area contributed by atoms with Crippen molar-refractivity contribution in [3.05, 3.63) is 87.1 Å². The van der Waals surface area contributed by atoms with Crippen molar-refractivity contribution in [2.24, 2.45) is 0 Å². The predicted molar refractivity (Wildman–Crippen MR) is 106 cm³/mol. The third-order valence-corrected chi connectivity index (χ3v) is 6.06. The van der Waals surface area contributed by atoms with E-state index in [0.717, 1.165) is 26.9 Å². The molecule has 0 saturated heterocycles. The van der Waals surface area contributed by atoms with Gasteiger partial charge in [0.1, 0.15) is 6.54 Å². The standard InChI is InChI=1S/C19H16BrN3O4S/c20-15-6-8-16(9-7-15)28(26,27)18-10-11-19(25)23(22-18)13-17(24)21-12-14-4-2-1-3-5-14/h1-11H,12-13H2,(H,21,24). The minimum atomic E-state index is -3.91. The molecule has 9 heteroatoms. The Kier molecular flexibility index (Phi) is 6.05. The molecule has 0 radical (unpaired) electrons. The molecule has 2 aromatic carbocycles. The second kappa shape index (κ2) is 8.49. The van der Waals surface area contributed by atoms with Gasteiger partial charge < -0.3 is 5.32 Å². The van der Waals surface area contributed by atoms with E-state index in [1.807, 2.05) is 30.3 Å². The van der Waals surface area contributed by atoms with Crippen LogP contribution in [0, 0.1) is 0 Å². The maximum atomic E-state index is 12.7. The van der Waals surface area contributed by atoms with Crippen molar-refractivity contribution < 1.29 is 13.2 Å². The van der Waals surface area contributed by atoms with Gasteiger partial charge in [-0.3, -0.25) is 9.59 Å². The van der Waals surface area contributed by atoms with Crippen LogP contribution >= 0.6 is 15.9 Å². The van der Waals surface area contributed by atoms with Crippen LogP contribution in [-0.2, 0) is 27.7 Å². The topological polar surface area (TPSA) is 98.1 Å². The van der Waals surface area contributed by atoms with Crippen LogP contribution < -0.4 is 10.9 Å². The van der Waals surface area contributed by atoms with Gasteiger partial charge in [0.25, 0.3) is 5.56 Å². The smallest absolute Gasteiger partial charge is 0.267 e. The number of amides is 1. The number of carbonyl (C=O) groups is 1. The number of hydrogen-bond donors (Lipinski definition) is 1. The SMILES string of the molecule is O=C(Cn1nc(S(=O)(=O)c2ccc(Br)cc2)ccc1=O)NCc1ccccc1. The lowest BCUT2D eigenvalue weighted by atomic mass is 10.2. The summed E-state index contributed by atoms with van der Waals surface area (Å²) in [5, 5.41) is 6.26. The number of rotatable bonds is 6. The first kappa shape index (κ1) is 20.0. The Morgan fingerprint density at radius 2 is 1.68 bits per heavy atom. The Bertz CT molecular complexity index is 1140. The average Bonchev–Trinajstić information content (AvgIpc) is 2.69. The summed E-state index contributed by atoms with van der Waals surface area (Å²) in [5.74, 6) is -0.448. The molecule has 0 saturated carbocycles. The molecule has 0 fully saturated rings. The number of aromatic nitrogens is 2. The van der Waals surface area contributed by atoms with Gasteiger partial charge in [0.15, 0.2) is 5.03 Å². The molecule has 1 heterocycles. The number of nitrogens with zero attached hydrogens (tertiary/aromatic N) is 2. The maximum Gasteiger partial charge on any atom is 0.267 e. The van der Waals surface area contributed by atoms with Crippen molar-refractivity contribution in [3.8, 4) is 0 Å². The van der Waals surface area contributed by atoms with Gasteiger partial charge in [0, 0.05) is 17.1 Å². The summed E-state index contributed by atoms with van der Waals surface area (Å²) in [7, 11) is -3.91. The summed E-state index contributed by atoms with van der Waals surface area (Å²) in [6.45, 7) is -0.0827. The van der Waals surface area contributed by atoms with E-state index in [1.54, 1.807) is 12.1 Å². The first-order valence-electron chi connectivity index (χ1n) is 8.26. The van der Waals surface area contributed by atoms with Crippen molar-refractivity contribution in [2.75, 3.05) is 0 Å². The molecular formula is C19H16BrN3O4S. The Hall–Kier alpha value is -2.78. The lowest BCUT2D eigenvalue weighted by molar-refractivity contribution is -0.122. The predicted octanol–water partition coefficient (Wildman–Crippen LogP) is 2.16. The summed E-state index contributed by atoms with van der Waals surface area (Å²) in [5.41, 5.74) is 0.340. The summed E-state index contributed by atoms with van der Waals surface area (Å²) < 4.78 is 27.0. The fourth-order valence-corrected chi connectivity index (χ4v) is 3.86. The van der Waals surface area contributed by atoms with Crippen LogP contribution in [0.3, 0.4) is 0 Å². The first-order chi connectivity index (χ1) is 13.4. The number of halogens is 1. The van der Waals surface area contributed by atoms with Crippen molar-refractivity contribution >= 4 is 31.7 Å². The van der Waals surface area contributed by atoms with E-state index in [4.69, 9.17) is 0 Å². The molecule has 0 aliphatic carbocycles. The number of carbonyl (C=O) groups excluding carboxylic acids is 1. The molecule has 0 bridgehead atoms. The highest BCUT2D eigenvalue weighted by atomic mass is 79.9. The molecular weight excluding hydrogens is 446 g/mol. The molecule has 0 aliphatic rings. The minimum Gasteiger partial charge on any atom is -0.350 e. The molecule has 144 valence electrons. The average molecular weight is 462 g/mol. The fraction of sp³-hybridized carbons (Fsp3) is 0.105. The molecule has 1 N–H and O–H groups in total. The Labute approximate surface area is 170 Å². The van der Waals surface area contributed by atoms with E-state index in [-0.39, 0.29) is 16.5 Å². The van der Waals surface area contributed by atoms with E-state index < -0.39 is 21.3 Å². The van der Waals surface area contributed by atoms with Gasteiger partial charge in [-0.05, 0) is 35.9 Å². The van der Waals surface area contributed by atoms with E-state index in [1.165, 1.54) is 12.1 Å². The van der Waals surface area contributed by atoms with E-state index in [9.17, 15) is 18.0 Å². The number of nitrogens with one attached hydrogen (secondary N) is 1. The van der Waals surface area contributed by atoms with E-state index >= 15 is 0 Å². The van der Waals surface area contributed by atoms with Crippen LogP contribution in [0.1, 0.15) is 5.56 Å². The summed E-state index contributed by atoms with van der Waals surface area (Å²) in [6.07, 6.45) is 0. The van der Waals surface area contributed by atoms with Gasteiger partial charge in [-0.25, -0.2) is 13.1 Å². The first-order valence-corrected chi connectivity index (χ1v) is 10.5. The van der Waals surface area contributed by atoms with Crippen LogP contribution in [0.25, 0.3) is 0 Å². The largest absolute Gasteiger partial charge is 0.350 e. The molecule has 28 heavy (non-hydrogen) atoms. The second-order valence-corrected chi connectivity index (χ2v) is 8.70. The highest BCUT2D eigenvalue weighted by molar-refractivity contribution is 9.10. The van der Waals surface area contributed by atoms with Gasteiger partial charge in [-0.1, -0.05) is 46.3 Å². The third kappa shape index (κ3) is 4.73. The maximum absolute atomic E-state index is 12.7. The highest BCUT2D eigenvalue weighted by Gasteiger charge is 2.21.